The van der Waals surface area contributed by atoms with Crippen LogP contribution in [0, 0.1) is 0 Å². The molecular weight excluding hydrogens is 200 g/mol. The van der Waals surface area contributed by atoms with E-state index in [4.69, 9.17) is 0 Å². The minimum absolute atomic E-state index is 0.112. The van der Waals surface area contributed by atoms with Gasteiger partial charge in [-0.1, -0.05) is 12.5 Å². The summed E-state index contributed by atoms with van der Waals surface area (Å²) in [6.45, 7) is 4.45. The van der Waals surface area contributed by atoms with Crippen molar-refractivity contribution in [3.8, 4) is 0 Å². The van der Waals surface area contributed by atoms with Gasteiger partial charge in [0.15, 0.2) is 0 Å². The normalized spacial score (nSPS) is 17.5. The Balaban J connectivity index is 1.75. The molecule has 1 saturated heterocycles. The Morgan fingerprint density at radius 2 is 1.88 bits per heavy atom. The van der Waals surface area contributed by atoms with E-state index in [2.05, 4.69) is 4.90 Å². The molecule has 0 radical (unpaired) electrons. The van der Waals surface area contributed by atoms with Crippen LogP contribution >= 0.6 is 0 Å². The third-order valence-electron chi connectivity index (χ3n) is 3.22. The number of pyridine rings is 1. The van der Waals surface area contributed by atoms with Crippen LogP contribution in [0.2, 0.25) is 0 Å². The Hall–Kier alpha value is -1.09. The molecule has 2 heterocycles. The molecule has 0 saturated carbocycles. The molecule has 3 nitrogen and oxygen atoms in total. The molecule has 0 bridgehead atoms. The number of nitrogens with zero attached hydrogens (tertiary/aromatic N) is 2. The topological polar surface area (TPSA) is 25.2 Å². The molecule has 88 valence electrons. The molecule has 0 unspecified atom stereocenters. The highest BCUT2D eigenvalue weighted by molar-refractivity contribution is 4.93. The molecule has 1 aliphatic rings. The van der Waals surface area contributed by atoms with Gasteiger partial charge >= 0.3 is 0 Å². The second kappa shape index (κ2) is 5.85. The van der Waals surface area contributed by atoms with Gasteiger partial charge in [0.1, 0.15) is 0 Å². The van der Waals surface area contributed by atoms with E-state index < -0.39 is 0 Å². The van der Waals surface area contributed by atoms with Gasteiger partial charge in [-0.25, -0.2) is 0 Å². The van der Waals surface area contributed by atoms with Gasteiger partial charge in [-0.15, -0.1) is 0 Å². The molecule has 0 N–H and O–H groups in total. The van der Waals surface area contributed by atoms with Gasteiger partial charge in [0.05, 0.1) is 0 Å². The number of rotatable bonds is 4. The molecular formula is C13H20N2O. The Labute approximate surface area is 96.7 Å². The lowest BCUT2D eigenvalue weighted by Crippen LogP contribution is -2.31. The van der Waals surface area contributed by atoms with Crippen LogP contribution in [0.25, 0.3) is 0 Å². The van der Waals surface area contributed by atoms with E-state index in [1.54, 1.807) is 16.7 Å². The molecule has 16 heavy (non-hydrogen) atoms. The summed E-state index contributed by atoms with van der Waals surface area (Å²) in [7, 11) is 0. The van der Waals surface area contributed by atoms with Gasteiger partial charge in [0, 0.05) is 18.8 Å². The lowest BCUT2D eigenvalue weighted by Gasteiger charge is -2.26. The summed E-state index contributed by atoms with van der Waals surface area (Å²) in [4.78, 5) is 14.0. The van der Waals surface area contributed by atoms with Gasteiger partial charge in [0.25, 0.3) is 0 Å². The highest BCUT2D eigenvalue weighted by Gasteiger charge is 2.08. The van der Waals surface area contributed by atoms with Crippen LogP contribution < -0.4 is 5.56 Å². The molecule has 1 aliphatic heterocycles. The Kier molecular flexibility index (Phi) is 4.17. The lowest BCUT2D eigenvalue weighted by molar-refractivity contribution is 0.222. The smallest absolute Gasteiger partial charge is 0.250 e. The maximum absolute atomic E-state index is 11.5. The van der Waals surface area contributed by atoms with Gasteiger partial charge in [0.2, 0.25) is 5.56 Å². The predicted molar refractivity (Wildman–Crippen MR) is 65.6 cm³/mol. The van der Waals surface area contributed by atoms with Crippen LogP contribution in [0.5, 0.6) is 0 Å². The van der Waals surface area contributed by atoms with Crippen molar-refractivity contribution in [1.82, 2.24) is 9.47 Å². The standard InChI is InChI=1S/C13H20N2O/c16-13-7-2-5-11-15(13)12-6-10-14-8-3-1-4-9-14/h2,5,7,11H,1,3-4,6,8-10,12H2. The lowest BCUT2D eigenvalue weighted by atomic mass is 10.1. The van der Waals surface area contributed by atoms with Crippen molar-refractivity contribution in [2.75, 3.05) is 19.6 Å². The average molecular weight is 220 g/mol. The van der Waals surface area contributed by atoms with Crippen LogP contribution in [0.4, 0.5) is 0 Å². The maximum atomic E-state index is 11.5. The molecule has 1 fully saturated rings. The van der Waals surface area contributed by atoms with E-state index in [1.807, 2.05) is 12.3 Å². The first-order valence-electron chi connectivity index (χ1n) is 6.24. The van der Waals surface area contributed by atoms with Crippen LogP contribution in [0.3, 0.4) is 0 Å². The van der Waals surface area contributed by atoms with Gasteiger partial charge in [-0.05, 0) is 45.0 Å². The first kappa shape index (κ1) is 11.4. The van der Waals surface area contributed by atoms with Gasteiger partial charge < -0.3 is 9.47 Å². The van der Waals surface area contributed by atoms with E-state index in [1.165, 1.54) is 32.4 Å². The zero-order valence-electron chi connectivity index (χ0n) is 9.77. The van der Waals surface area contributed by atoms with Crippen LogP contribution in [0.1, 0.15) is 25.7 Å². The summed E-state index contributed by atoms with van der Waals surface area (Å²) in [6.07, 6.45) is 7.01. The minimum Gasteiger partial charge on any atom is -0.315 e. The van der Waals surface area contributed by atoms with E-state index in [0.29, 0.717) is 0 Å². The fraction of sp³-hybridized carbons (Fsp3) is 0.615. The largest absolute Gasteiger partial charge is 0.315 e. The summed E-state index contributed by atoms with van der Waals surface area (Å²) in [5, 5.41) is 0. The number of aromatic nitrogens is 1. The average Bonchev–Trinajstić information content (AvgIpc) is 2.33. The summed E-state index contributed by atoms with van der Waals surface area (Å²) in [6, 6.07) is 5.34. The van der Waals surface area contributed by atoms with Crippen LogP contribution in [0.15, 0.2) is 29.2 Å². The number of aryl methyl sites for hydroxylation is 1. The molecule has 1 aromatic heterocycles. The number of piperidine rings is 1. The molecule has 0 amide bonds. The van der Waals surface area contributed by atoms with E-state index in [-0.39, 0.29) is 5.56 Å². The Bertz CT molecular complexity index is 366. The van der Waals surface area contributed by atoms with E-state index in [9.17, 15) is 4.79 Å². The summed E-state index contributed by atoms with van der Waals surface area (Å²) < 4.78 is 1.80. The Morgan fingerprint density at radius 3 is 2.62 bits per heavy atom. The number of likely N-dealkylation sites (tertiary alicyclic amines) is 1. The second-order valence-corrected chi connectivity index (χ2v) is 4.49. The van der Waals surface area contributed by atoms with Crippen molar-refractivity contribution in [3.63, 3.8) is 0 Å². The van der Waals surface area contributed by atoms with Gasteiger partial charge in [-0.2, -0.15) is 0 Å². The first-order valence-corrected chi connectivity index (χ1v) is 6.24. The molecule has 0 aromatic carbocycles. The molecule has 0 atom stereocenters. The zero-order chi connectivity index (χ0) is 11.2. The van der Waals surface area contributed by atoms with Crippen LogP contribution in [-0.2, 0) is 6.54 Å². The fourth-order valence-corrected chi connectivity index (χ4v) is 2.29. The van der Waals surface area contributed by atoms with E-state index >= 15 is 0 Å². The van der Waals surface area contributed by atoms with Crippen molar-refractivity contribution in [1.29, 1.82) is 0 Å². The summed E-state index contributed by atoms with van der Waals surface area (Å²) in [5.41, 5.74) is 0.112. The third-order valence-corrected chi connectivity index (χ3v) is 3.22. The second-order valence-electron chi connectivity index (χ2n) is 4.49. The third kappa shape index (κ3) is 3.20. The van der Waals surface area contributed by atoms with Crippen molar-refractivity contribution in [3.05, 3.63) is 34.7 Å². The summed E-state index contributed by atoms with van der Waals surface area (Å²) >= 11 is 0. The highest BCUT2D eigenvalue weighted by Crippen LogP contribution is 2.08. The molecule has 2 rings (SSSR count). The van der Waals surface area contributed by atoms with Crippen molar-refractivity contribution in [2.45, 2.75) is 32.2 Å². The molecule has 0 spiro atoms. The van der Waals surface area contributed by atoms with Crippen molar-refractivity contribution in [2.24, 2.45) is 0 Å². The van der Waals surface area contributed by atoms with Crippen LogP contribution in [-0.4, -0.2) is 29.1 Å². The zero-order valence-corrected chi connectivity index (χ0v) is 9.77. The fourth-order valence-electron chi connectivity index (χ4n) is 2.29. The highest BCUT2D eigenvalue weighted by atomic mass is 16.1. The molecule has 0 aliphatic carbocycles. The maximum Gasteiger partial charge on any atom is 0.250 e. The molecule has 1 aromatic rings. The monoisotopic (exact) mass is 220 g/mol. The molecule has 3 heteroatoms. The first-order chi connectivity index (χ1) is 7.86. The van der Waals surface area contributed by atoms with Crippen molar-refractivity contribution < 1.29 is 0 Å². The number of hydrogen-bond donors (Lipinski definition) is 0. The predicted octanol–water partition coefficient (Wildman–Crippen LogP) is 1.72. The van der Waals surface area contributed by atoms with E-state index in [0.717, 1.165) is 19.5 Å². The quantitative estimate of drug-likeness (QED) is 0.772. The SMILES string of the molecule is O=c1ccccn1CCCN1CCCCC1. The van der Waals surface area contributed by atoms with Crippen molar-refractivity contribution >= 4 is 0 Å². The minimum atomic E-state index is 0.112. The summed E-state index contributed by atoms with van der Waals surface area (Å²) in [5.74, 6) is 0. The number of hydrogen-bond acceptors (Lipinski definition) is 2. The Morgan fingerprint density at radius 1 is 1.06 bits per heavy atom. The van der Waals surface area contributed by atoms with Gasteiger partial charge in [-0.3, -0.25) is 4.79 Å².